The van der Waals surface area contributed by atoms with Gasteiger partial charge in [0.1, 0.15) is 0 Å². The van der Waals surface area contributed by atoms with Crippen LogP contribution in [0.3, 0.4) is 0 Å². The molecule has 3 N–H and O–H groups in total. The first-order valence-electron chi connectivity index (χ1n) is 11.9. The minimum absolute atomic E-state index is 0.0738. The van der Waals surface area contributed by atoms with Crippen LogP contribution in [0.25, 0.3) is 0 Å². The highest BCUT2D eigenvalue weighted by atomic mass is 35.5. The molecule has 0 radical (unpaired) electrons. The van der Waals surface area contributed by atoms with Crippen LogP contribution in [0.4, 0.5) is 5.69 Å². The van der Waals surface area contributed by atoms with Gasteiger partial charge in [0, 0.05) is 63.3 Å². The number of carbonyl (C=O) groups excluding carboxylic acids is 2. The van der Waals surface area contributed by atoms with Crippen LogP contribution in [0.15, 0.2) is 36.4 Å². The van der Waals surface area contributed by atoms with E-state index < -0.39 is 0 Å². The topological polar surface area (TPSA) is 101 Å². The van der Waals surface area contributed by atoms with Crippen molar-refractivity contribution in [3.63, 3.8) is 0 Å². The van der Waals surface area contributed by atoms with Gasteiger partial charge in [0.25, 0.3) is 0 Å². The Morgan fingerprint density at radius 2 is 1.51 bits per heavy atom. The molecular formula is C25H41ClN4O5. The van der Waals surface area contributed by atoms with E-state index in [4.69, 9.17) is 25.8 Å². The predicted molar refractivity (Wildman–Crippen MR) is 140 cm³/mol. The molecule has 0 unspecified atom stereocenters. The number of rotatable bonds is 21. The smallest absolute Gasteiger partial charge is 0.246 e. The van der Waals surface area contributed by atoms with Crippen molar-refractivity contribution in [3.8, 4) is 0 Å². The lowest BCUT2D eigenvalue weighted by Crippen LogP contribution is -2.29. The molecule has 0 aliphatic rings. The maximum atomic E-state index is 11.8. The van der Waals surface area contributed by atoms with E-state index in [0.29, 0.717) is 64.2 Å². The second-order valence-electron chi connectivity index (χ2n) is 7.93. The maximum Gasteiger partial charge on any atom is 0.246 e. The third-order valence-electron chi connectivity index (χ3n) is 4.88. The fourth-order valence-electron chi connectivity index (χ4n) is 2.83. The maximum absolute atomic E-state index is 11.8. The van der Waals surface area contributed by atoms with Gasteiger partial charge in [0.2, 0.25) is 11.8 Å². The molecule has 1 aromatic carbocycles. The highest BCUT2D eigenvalue weighted by Crippen LogP contribution is 2.13. The number of hydrogen-bond donors (Lipinski definition) is 3. The van der Waals surface area contributed by atoms with Crippen molar-refractivity contribution < 1.29 is 23.8 Å². The van der Waals surface area contributed by atoms with E-state index in [9.17, 15) is 9.59 Å². The van der Waals surface area contributed by atoms with Crippen LogP contribution >= 0.6 is 11.6 Å². The van der Waals surface area contributed by atoms with Crippen LogP contribution < -0.4 is 20.9 Å². The van der Waals surface area contributed by atoms with Crippen molar-refractivity contribution in [1.82, 2.24) is 16.0 Å². The Bertz CT molecular complexity index is 733. The van der Waals surface area contributed by atoms with Gasteiger partial charge in [-0.2, -0.15) is 0 Å². The number of amides is 2. The fraction of sp³-hybridized carbons (Fsp3) is 0.600. The first kappa shape index (κ1) is 30.9. The molecule has 10 heteroatoms. The fourth-order valence-corrected chi connectivity index (χ4v) is 3.08. The zero-order valence-corrected chi connectivity index (χ0v) is 21.8. The van der Waals surface area contributed by atoms with Crippen molar-refractivity contribution in [2.24, 2.45) is 0 Å². The van der Waals surface area contributed by atoms with Crippen molar-refractivity contribution in [2.75, 3.05) is 83.6 Å². The average Bonchev–Trinajstić information content (AvgIpc) is 2.84. The molecule has 198 valence electrons. The highest BCUT2D eigenvalue weighted by Gasteiger charge is 2.02. The standard InChI is InChI=1S/C25H41ClN4O5/c1-21(2)25(32)29-12-17-35-19-18-33-14-8-24(31)28-11-16-34-15-10-27-20-22-4-6-23(7-5-22)30(3)13-9-26/h4-7,27H,1,8-20H2,2-3H3,(H,28,31)(H,29,32). The minimum Gasteiger partial charge on any atom is -0.379 e. The molecule has 0 atom stereocenters. The number of benzene rings is 1. The first-order chi connectivity index (χ1) is 16.9. The lowest BCUT2D eigenvalue weighted by molar-refractivity contribution is -0.122. The summed E-state index contributed by atoms with van der Waals surface area (Å²) < 4.78 is 16.3. The largest absolute Gasteiger partial charge is 0.379 e. The SMILES string of the molecule is C=C(C)C(=O)NCCOCCOCCC(=O)NCCOCCNCc1ccc(N(C)CCCl)cc1. The molecule has 0 fully saturated rings. The summed E-state index contributed by atoms with van der Waals surface area (Å²) in [5, 5.41) is 8.83. The normalized spacial score (nSPS) is 10.7. The first-order valence-corrected chi connectivity index (χ1v) is 12.5. The number of anilines is 1. The summed E-state index contributed by atoms with van der Waals surface area (Å²) in [6.45, 7) is 11.0. The van der Waals surface area contributed by atoms with Gasteiger partial charge in [0.15, 0.2) is 0 Å². The van der Waals surface area contributed by atoms with Gasteiger partial charge in [-0.25, -0.2) is 0 Å². The van der Waals surface area contributed by atoms with E-state index in [-0.39, 0.29) is 18.2 Å². The average molecular weight is 513 g/mol. The van der Waals surface area contributed by atoms with E-state index in [2.05, 4.69) is 51.7 Å². The van der Waals surface area contributed by atoms with E-state index in [1.54, 1.807) is 6.92 Å². The van der Waals surface area contributed by atoms with Gasteiger partial charge >= 0.3 is 0 Å². The van der Waals surface area contributed by atoms with Crippen molar-refractivity contribution >= 4 is 29.1 Å². The van der Waals surface area contributed by atoms with Crippen molar-refractivity contribution in [1.29, 1.82) is 0 Å². The lowest BCUT2D eigenvalue weighted by atomic mass is 10.2. The second-order valence-corrected chi connectivity index (χ2v) is 8.31. The summed E-state index contributed by atoms with van der Waals surface area (Å²) in [4.78, 5) is 25.2. The molecule has 1 aromatic rings. The number of ether oxygens (including phenoxy) is 3. The molecule has 9 nitrogen and oxygen atoms in total. The quantitative estimate of drug-likeness (QED) is 0.131. The second kappa shape index (κ2) is 20.1. The molecule has 0 saturated heterocycles. The van der Waals surface area contributed by atoms with Gasteiger partial charge in [-0.15, -0.1) is 11.6 Å². The summed E-state index contributed by atoms with van der Waals surface area (Å²) >= 11 is 5.78. The van der Waals surface area contributed by atoms with E-state index >= 15 is 0 Å². The summed E-state index contributed by atoms with van der Waals surface area (Å²) in [6.07, 6.45) is 0.288. The number of nitrogens with zero attached hydrogens (tertiary/aromatic N) is 1. The van der Waals surface area contributed by atoms with E-state index in [1.807, 2.05) is 7.05 Å². The van der Waals surface area contributed by atoms with Crippen LogP contribution in [0.5, 0.6) is 0 Å². The number of nitrogens with one attached hydrogen (secondary N) is 3. The lowest BCUT2D eigenvalue weighted by Gasteiger charge is -2.18. The van der Waals surface area contributed by atoms with Crippen molar-refractivity contribution in [2.45, 2.75) is 19.9 Å². The molecule has 0 spiro atoms. The Morgan fingerprint density at radius 3 is 2.17 bits per heavy atom. The molecule has 1 rings (SSSR count). The Labute approximate surface area is 214 Å². The van der Waals surface area contributed by atoms with Gasteiger partial charge in [-0.1, -0.05) is 18.7 Å². The summed E-state index contributed by atoms with van der Waals surface area (Å²) in [6, 6.07) is 8.40. The molecule has 35 heavy (non-hydrogen) atoms. The van der Waals surface area contributed by atoms with Crippen LogP contribution in [0.1, 0.15) is 18.9 Å². The highest BCUT2D eigenvalue weighted by molar-refractivity contribution is 6.18. The monoisotopic (exact) mass is 512 g/mol. The third-order valence-corrected chi connectivity index (χ3v) is 5.05. The van der Waals surface area contributed by atoms with Crippen LogP contribution in [0, 0.1) is 0 Å². The van der Waals surface area contributed by atoms with Gasteiger partial charge in [-0.05, 0) is 24.6 Å². The molecule has 0 aliphatic heterocycles. The molecular weight excluding hydrogens is 472 g/mol. The van der Waals surface area contributed by atoms with Gasteiger partial charge in [0.05, 0.1) is 39.6 Å². The van der Waals surface area contributed by atoms with E-state index in [0.717, 1.165) is 25.3 Å². The molecule has 2 amide bonds. The zero-order valence-electron chi connectivity index (χ0n) is 21.1. The predicted octanol–water partition coefficient (Wildman–Crippen LogP) is 1.70. The van der Waals surface area contributed by atoms with Gasteiger partial charge < -0.3 is 35.1 Å². The molecule has 0 bridgehead atoms. The van der Waals surface area contributed by atoms with Crippen LogP contribution in [-0.4, -0.2) is 90.6 Å². The molecule has 0 aliphatic carbocycles. The molecule has 0 aromatic heterocycles. The van der Waals surface area contributed by atoms with Gasteiger partial charge in [-0.3, -0.25) is 9.59 Å². The third kappa shape index (κ3) is 16.2. The Morgan fingerprint density at radius 1 is 0.914 bits per heavy atom. The van der Waals surface area contributed by atoms with Crippen LogP contribution in [0.2, 0.25) is 0 Å². The Hall–Kier alpha value is -2.17. The van der Waals surface area contributed by atoms with Crippen LogP contribution in [-0.2, 0) is 30.3 Å². The zero-order chi connectivity index (χ0) is 25.7. The summed E-state index contributed by atoms with van der Waals surface area (Å²) in [5.41, 5.74) is 2.83. The number of carbonyl (C=O) groups is 2. The summed E-state index contributed by atoms with van der Waals surface area (Å²) in [5.74, 6) is 0.354. The minimum atomic E-state index is -0.178. The molecule has 0 heterocycles. The number of halogens is 1. The number of alkyl halides is 1. The number of hydrogen-bond acceptors (Lipinski definition) is 7. The Balaban J connectivity index is 1.89. The van der Waals surface area contributed by atoms with E-state index in [1.165, 1.54) is 5.56 Å². The summed E-state index contributed by atoms with van der Waals surface area (Å²) in [7, 11) is 2.03. The Kier molecular flexibility index (Phi) is 17.7. The molecule has 0 saturated carbocycles. The van der Waals surface area contributed by atoms with Crippen molar-refractivity contribution in [3.05, 3.63) is 42.0 Å².